The molecule has 3 N–H and O–H groups in total. The van der Waals surface area contributed by atoms with Crippen molar-refractivity contribution in [2.45, 2.75) is 31.7 Å². The first-order chi connectivity index (χ1) is 8.49. The van der Waals surface area contributed by atoms with Crippen LogP contribution in [0.15, 0.2) is 24.3 Å². The van der Waals surface area contributed by atoms with E-state index in [1.807, 2.05) is 0 Å². The maximum absolute atomic E-state index is 12.8. The Morgan fingerprint density at radius 3 is 2.56 bits per heavy atom. The van der Waals surface area contributed by atoms with Crippen molar-refractivity contribution in [1.82, 2.24) is 5.32 Å². The summed E-state index contributed by atoms with van der Waals surface area (Å²) in [4.78, 5) is 11.6. The van der Waals surface area contributed by atoms with E-state index < -0.39 is 5.54 Å². The van der Waals surface area contributed by atoms with Gasteiger partial charge in [-0.15, -0.1) is 0 Å². The summed E-state index contributed by atoms with van der Waals surface area (Å²) >= 11 is 0. The van der Waals surface area contributed by atoms with Gasteiger partial charge in [0.05, 0.1) is 5.54 Å². The Balaban J connectivity index is 2.03. The highest BCUT2D eigenvalue weighted by Crippen LogP contribution is 2.28. The van der Waals surface area contributed by atoms with Crippen molar-refractivity contribution >= 4 is 5.91 Å². The fraction of sp³-hybridized carbons (Fsp3) is 0.500. The third-order valence-electron chi connectivity index (χ3n) is 3.49. The van der Waals surface area contributed by atoms with Crippen LogP contribution in [0.3, 0.4) is 0 Å². The normalized spacial score (nSPS) is 18.3. The molecule has 1 aliphatic rings. The average molecular weight is 250 g/mol. The highest BCUT2D eigenvalue weighted by Gasteiger charge is 2.33. The molecule has 3 nitrogen and oxygen atoms in total. The van der Waals surface area contributed by atoms with Gasteiger partial charge in [-0.05, 0) is 56.3 Å². The number of amides is 1. The van der Waals surface area contributed by atoms with Crippen LogP contribution in [0, 0.1) is 11.7 Å². The zero-order valence-corrected chi connectivity index (χ0v) is 10.6. The Labute approximate surface area is 107 Å². The summed E-state index contributed by atoms with van der Waals surface area (Å²) in [6, 6.07) is 6.18. The van der Waals surface area contributed by atoms with E-state index in [0.29, 0.717) is 12.3 Å². The lowest BCUT2D eigenvalue weighted by atomic mass is 9.92. The Hall–Kier alpha value is -1.42. The van der Waals surface area contributed by atoms with E-state index >= 15 is 0 Å². The standard InChI is InChI=1S/C14H19FN2O/c1-14(13(16)18,17-9-11-2-3-11)8-10-4-6-12(15)7-5-10/h4-7,11,17H,2-3,8-9H2,1H3,(H2,16,18). The summed E-state index contributed by atoms with van der Waals surface area (Å²) in [7, 11) is 0. The van der Waals surface area contributed by atoms with Crippen LogP contribution in [0.2, 0.25) is 0 Å². The minimum absolute atomic E-state index is 0.273. The predicted molar refractivity (Wildman–Crippen MR) is 68.4 cm³/mol. The summed E-state index contributed by atoms with van der Waals surface area (Å²) in [6.45, 7) is 2.63. The van der Waals surface area contributed by atoms with Crippen LogP contribution in [-0.2, 0) is 11.2 Å². The Kier molecular flexibility index (Phi) is 3.66. The number of hydrogen-bond donors (Lipinski definition) is 2. The number of carbonyl (C=O) groups is 1. The summed E-state index contributed by atoms with van der Waals surface area (Å²) in [5, 5.41) is 3.25. The predicted octanol–water partition coefficient (Wildman–Crippen LogP) is 1.61. The highest BCUT2D eigenvalue weighted by atomic mass is 19.1. The summed E-state index contributed by atoms with van der Waals surface area (Å²) in [5.41, 5.74) is 5.62. The van der Waals surface area contributed by atoms with Crippen LogP contribution in [-0.4, -0.2) is 18.0 Å². The second-order valence-electron chi connectivity index (χ2n) is 5.32. The Morgan fingerprint density at radius 1 is 1.44 bits per heavy atom. The van der Waals surface area contributed by atoms with Crippen LogP contribution in [0.4, 0.5) is 4.39 Å². The van der Waals surface area contributed by atoms with E-state index in [-0.39, 0.29) is 11.7 Å². The van der Waals surface area contributed by atoms with E-state index in [9.17, 15) is 9.18 Å². The average Bonchev–Trinajstić information content (AvgIpc) is 3.13. The third kappa shape index (κ3) is 3.29. The molecule has 0 heterocycles. The molecule has 1 fully saturated rings. The van der Waals surface area contributed by atoms with Gasteiger partial charge in [0.25, 0.3) is 0 Å². The largest absolute Gasteiger partial charge is 0.368 e. The molecule has 0 saturated heterocycles. The van der Waals surface area contributed by atoms with Gasteiger partial charge in [-0.1, -0.05) is 12.1 Å². The molecule has 1 atom stereocenters. The van der Waals surface area contributed by atoms with E-state index in [2.05, 4.69) is 5.32 Å². The lowest BCUT2D eigenvalue weighted by Gasteiger charge is -2.27. The van der Waals surface area contributed by atoms with E-state index in [1.54, 1.807) is 19.1 Å². The van der Waals surface area contributed by atoms with Crippen LogP contribution >= 0.6 is 0 Å². The molecule has 1 saturated carbocycles. The van der Waals surface area contributed by atoms with Crippen molar-refractivity contribution in [3.05, 3.63) is 35.6 Å². The molecule has 0 radical (unpaired) electrons. The van der Waals surface area contributed by atoms with Gasteiger partial charge in [0.1, 0.15) is 5.82 Å². The molecule has 0 spiro atoms. The molecular weight excluding hydrogens is 231 g/mol. The van der Waals surface area contributed by atoms with E-state index in [4.69, 9.17) is 5.73 Å². The SMILES string of the molecule is CC(Cc1ccc(F)cc1)(NCC1CC1)C(N)=O. The molecule has 1 amide bonds. The first kappa shape index (κ1) is 13.0. The second kappa shape index (κ2) is 5.06. The zero-order valence-electron chi connectivity index (χ0n) is 10.6. The van der Waals surface area contributed by atoms with Gasteiger partial charge in [-0.25, -0.2) is 4.39 Å². The molecular formula is C14H19FN2O. The second-order valence-corrected chi connectivity index (χ2v) is 5.32. The van der Waals surface area contributed by atoms with Gasteiger partial charge >= 0.3 is 0 Å². The van der Waals surface area contributed by atoms with E-state index in [1.165, 1.54) is 25.0 Å². The summed E-state index contributed by atoms with van der Waals surface area (Å²) in [5.74, 6) is 0.0369. The van der Waals surface area contributed by atoms with Gasteiger partial charge in [0.2, 0.25) is 5.91 Å². The molecule has 2 rings (SSSR count). The number of rotatable bonds is 6. The monoisotopic (exact) mass is 250 g/mol. The molecule has 98 valence electrons. The molecule has 1 aliphatic carbocycles. The molecule has 1 aromatic carbocycles. The lowest BCUT2D eigenvalue weighted by Crippen LogP contribution is -2.55. The minimum atomic E-state index is -0.763. The van der Waals surface area contributed by atoms with Crippen LogP contribution < -0.4 is 11.1 Å². The van der Waals surface area contributed by atoms with Crippen LogP contribution in [0.1, 0.15) is 25.3 Å². The zero-order chi connectivity index (χ0) is 13.2. The van der Waals surface area contributed by atoms with Gasteiger partial charge in [-0.2, -0.15) is 0 Å². The summed E-state index contributed by atoms with van der Waals surface area (Å²) < 4.78 is 12.8. The third-order valence-corrected chi connectivity index (χ3v) is 3.49. The summed E-state index contributed by atoms with van der Waals surface area (Å²) in [6.07, 6.45) is 2.92. The minimum Gasteiger partial charge on any atom is -0.368 e. The highest BCUT2D eigenvalue weighted by molar-refractivity contribution is 5.84. The number of nitrogens with two attached hydrogens (primary N) is 1. The van der Waals surface area contributed by atoms with Crippen LogP contribution in [0.5, 0.6) is 0 Å². The molecule has 18 heavy (non-hydrogen) atoms. The van der Waals surface area contributed by atoms with Crippen molar-refractivity contribution in [3.8, 4) is 0 Å². The number of carbonyl (C=O) groups excluding carboxylic acids is 1. The van der Waals surface area contributed by atoms with Crippen molar-refractivity contribution in [3.63, 3.8) is 0 Å². The van der Waals surface area contributed by atoms with Gasteiger partial charge in [0.15, 0.2) is 0 Å². The maximum atomic E-state index is 12.8. The van der Waals surface area contributed by atoms with Gasteiger partial charge in [0, 0.05) is 0 Å². The fourth-order valence-corrected chi connectivity index (χ4v) is 1.94. The molecule has 0 bridgehead atoms. The number of benzene rings is 1. The van der Waals surface area contributed by atoms with Crippen molar-refractivity contribution in [1.29, 1.82) is 0 Å². The number of hydrogen-bond acceptors (Lipinski definition) is 2. The molecule has 0 aromatic heterocycles. The van der Waals surface area contributed by atoms with Gasteiger partial charge in [-0.3, -0.25) is 4.79 Å². The number of primary amides is 1. The smallest absolute Gasteiger partial charge is 0.237 e. The first-order valence-corrected chi connectivity index (χ1v) is 6.29. The topological polar surface area (TPSA) is 55.1 Å². The fourth-order valence-electron chi connectivity index (χ4n) is 1.94. The quantitative estimate of drug-likeness (QED) is 0.806. The van der Waals surface area contributed by atoms with Crippen molar-refractivity contribution in [2.24, 2.45) is 11.7 Å². The molecule has 1 aromatic rings. The lowest BCUT2D eigenvalue weighted by molar-refractivity contribution is -0.123. The van der Waals surface area contributed by atoms with E-state index in [0.717, 1.165) is 12.1 Å². The number of nitrogens with one attached hydrogen (secondary N) is 1. The van der Waals surface area contributed by atoms with Crippen molar-refractivity contribution < 1.29 is 9.18 Å². The molecule has 4 heteroatoms. The molecule has 1 unspecified atom stereocenters. The Morgan fingerprint density at radius 2 is 2.06 bits per heavy atom. The first-order valence-electron chi connectivity index (χ1n) is 6.29. The van der Waals surface area contributed by atoms with Crippen LogP contribution in [0.25, 0.3) is 0 Å². The maximum Gasteiger partial charge on any atom is 0.237 e. The molecule has 0 aliphatic heterocycles. The Bertz CT molecular complexity index is 428. The number of halogens is 1. The van der Waals surface area contributed by atoms with Crippen molar-refractivity contribution in [2.75, 3.05) is 6.54 Å². The van der Waals surface area contributed by atoms with Gasteiger partial charge < -0.3 is 11.1 Å².